The van der Waals surface area contributed by atoms with Gasteiger partial charge in [-0.15, -0.1) is 0 Å². The van der Waals surface area contributed by atoms with E-state index < -0.39 is 18.1 Å². The minimum absolute atomic E-state index is 0.404. The van der Waals surface area contributed by atoms with Gasteiger partial charge >= 0.3 is 6.18 Å². The Morgan fingerprint density at radius 3 is 2.12 bits per heavy atom. The van der Waals surface area contributed by atoms with Crippen LogP contribution < -0.4 is 10.6 Å². The molecule has 43 heavy (non-hydrogen) atoms. The standard InChI is InChI=1S/C37H44F3N3/c1-25-22-26(2)27(3)33(23-25)28(4)42-30-16-20-43(21-17-30)19-11-10-18-36(29(5)41-24-37(38,39)40)34-14-8-6-12-31(34)32-13-7-9-15-35(32)36/h6-9,12-15,22-23,30,41-42H,4-5,10-11,16-21,24H2,1-3H3. The van der Waals surface area contributed by atoms with Crippen molar-refractivity contribution in [2.24, 2.45) is 0 Å². The number of allylic oxidation sites excluding steroid dienone is 1. The number of fused-ring (bicyclic) bond motifs is 3. The molecule has 5 rings (SSSR count). The van der Waals surface area contributed by atoms with Crippen molar-refractivity contribution < 1.29 is 13.2 Å². The lowest BCUT2D eigenvalue weighted by Crippen LogP contribution is -2.42. The summed E-state index contributed by atoms with van der Waals surface area (Å²) in [6.07, 6.45) is 0.379. The van der Waals surface area contributed by atoms with Crippen LogP contribution in [0.1, 0.15) is 65.5 Å². The van der Waals surface area contributed by atoms with Crippen molar-refractivity contribution in [2.45, 2.75) is 70.5 Å². The number of likely N-dealkylation sites (tertiary alicyclic amines) is 1. The van der Waals surface area contributed by atoms with E-state index in [2.05, 4.69) is 85.9 Å². The van der Waals surface area contributed by atoms with Gasteiger partial charge in [0.1, 0.15) is 6.54 Å². The Balaban J connectivity index is 1.20. The van der Waals surface area contributed by atoms with E-state index in [4.69, 9.17) is 0 Å². The van der Waals surface area contributed by atoms with E-state index in [0.717, 1.165) is 73.3 Å². The van der Waals surface area contributed by atoms with Crippen LogP contribution in [0.15, 0.2) is 79.5 Å². The van der Waals surface area contributed by atoms with E-state index in [1.54, 1.807) is 0 Å². The third-order valence-electron chi connectivity index (χ3n) is 9.46. The summed E-state index contributed by atoms with van der Waals surface area (Å²) in [4.78, 5) is 2.52. The van der Waals surface area contributed by atoms with E-state index >= 15 is 0 Å². The molecular weight excluding hydrogens is 543 g/mol. The van der Waals surface area contributed by atoms with Gasteiger partial charge in [0.05, 0.1) is 5.41 Å². The second-order valence-electron chi connectivity index (χ2n) is 12.4. The van der Waals surface area contributed by atoms with Gasteiger partial charge in [0.25, 0.3) is 0 Å². The average Bonchev–Trinajstić information content (AvgIpc) is 3.27. The molecule has 3 aromatic rings. The number of hydrogen-bond acceptors (Lipinski definition) is 3. The quantitative estimate of drug-likeness (QED) is 0.221. The highest BCUT2D eigenvalue weighted by atomic mass is 19.4. The maximum absolute atomic E-state index is 13.2. The summed E-state index contributed by atoms with van der Waals surface area (Å²) in [5, 5.41) is 6.37. The molecule has 0 spiro atoms. The van der Waals surface area contributed by atoms with Gasteiger partial charge in [-0.2, -0.15) is 13.2 Å². The van der Waals surface area contributed by atoms with Gasteiger partial charge in [-0.1, -0.05) is 79.7 Å². The van der Waals surface area contributed by atoms with Crippen molar-refractivity contribution in [1.82, 2.24) is 15.5 Å². The second kappa shape index (κ2) is 12.6. The first-order chi connectivity index (χ1) is 20.5. The Hall–Kier alpha value is -3.51. The number of piperidine rings is 1. The number of rotatable bonds is 11. The molecule has 0 bridgehead atoms. The van der Waals surface area contributed by atoms with Gasteiger partial charge < -0.3 is 15.5 Å². The lowest BCUT2D eigenvalue weighted by Gasteiger charge is -2.36. The molecule has 0 unspecified atom stereocenters. The molecule has 1 aliphatic heterocycles. The van der Waals surface area contributed by atoms with E-state index in [9.17, 15) is 13.2 Å². The Morgan fingerprint density at radius 1 is 0.907 bits per heavy atom. The maximum atomic E-state index is 13.2. The first-order valence-electron chi connectivity index (χ1n) is 15.4. The zero-order valence-electron chi connectivity index (χ0n) is 25.7. The highest BCUT2D eigenvalue weighted by Crippen LogP contribution is 2.54. The van der Waals surface area contributed by atoms with Crippen molar-refractivity contribution >= 4 is 5.70 Å². The van der Waals surface area contributed by atoms with Crippen molar-refractivity contribution in [3.63, 3.8) is 0 Å². The van der Waals surface area contributed by atoms with Crippen molar-refractivity contribution in [1.29, 1.82) is 0 Å². The number of benzene rings is 3. The number of hydrogen-bond donors (Lipinski definition) is 2. The topological polar surface area (TPSA) is 27.3 Å². The largest absolute Gasteiger partial charge is 0.405 e. The fourth-order valence-corrected chi connectivity index (χ4v) is 7.13. The zero-order valence-corrected chi connectivity index (χ0v) is 25.7. The Kier molecular flexibility index (Phi) is 9.07. The lowest BCUT2D eigenvalue weighted by atomic mass is 9.72. The first kappa shape index (κ1) is 30.9. The molecule has 0 aromatic heterocycles. The minimum Gasteiger partial charge on any atom is -0.382 e. The van der Waals surface area contributed by atoms with Crippen LogP contribution in [0.5, 0.6) is 0 Å². The third-order valence-corrected chi connectivity index (χ3v) is 9.46. The van der Waals surface area contributed by atoms with Gasteiger partial charge in [0, 0.05) is 36.1 Å². The summed E-state index contributed by atoms with van der Waals surface area (Å²) in [5.74, 6) is 0. The normalized spacial score (nSPS) is 16.4. The van der Waals surface area contributed by atoms with E-state index in [-0.39, 0.29) is 0 Å². The molecule has 1 heterocycles. The van der Waals surface area contributed by atoms with Crippen molar-refractivity contribution in [2.75, 3.05) is 26.2 Å². The minimum atomic E-state index is -4.31. The van der Waals surface area contributed by atoms with Crippen LogP contribution in [-0.4, -0.2) is 43.3 Å². The predicted octanol–water partition coefficient (Wildman–Crippen LogP) is 8.44. The van der Waals surface area contributed by atoms with Crippen LogP contribution in [0.3, 0.4) is 0 Å². The average molecular weight is 588 g/mol. The summed E-state index contributed by atoms with van der Waals surface area (Å²) in [6, 6.07) is 21.0. The number of nitrogens with zero attached hydrogens (tertiary/aromatic N) is 1. The van der Waals surface area contributed by atoms with Crippen LogP contribution in [0, 0.1) is 20.8 Å². The number of aryl methyl sites for hydroxylation is 2. The fraction of sp³-hybridized carbons (Fsp3) is 0.405. The number of alkyl halides is 3. The maximum Gasteiger partial charge on any atom is 0.405 e. The van der Waals surface area contributed by atoms with Gasteiger partial charge in [0.2, 0.25) is 0 Å². The molecule has 6 heteroatoms. The summed E-state index contributed by atoms with van der Waals surface area (Å²) in [6.45, 7) is 16.9. The molecule has 0 radical (unpaired) electrons. The molecule has 1 fully saturated rings. The molecule has 1 saturated heterocycles. The number of unbranched alkanes of at least 4 members (excludes halogenated alkanes) is 1. The summed E-state index contributed by atoms with van der Waals surface area (Å²) >= 11 is 0. The summed E-state index contributed by atoms with van der Waals surface area (Å²) in [5.41, 5.74) is 10.0. The Bertz CT molecular complexity index is 1440. The van der Waals surface area contributed by atoms with E-state index in [1.165, 1.54) is 22.3 Å². The summed E-state index contributed by atoms with van der Waals surface area (Å²) < 4.78 is 39.7. The molecule has 0 saturated carbocycles. The van der Waals surface area contributed by atoms with Crippen LogP contribution in [0.4, 0.5) is 13.2 Å². The molecule has 2 aliphatic rings. The lowest BCUT2D eigenvalue weighted by molar-refractivity contribution is -0.123. The van der Waals surface area contributed by atoms with Crippen molar-refractivity contribution in [3.8, 4) is 11.1 Å². The smallest absolute Gasteiger partial charge is 0.382 e. The van der Waals surface area contributed by atoms with Crippen molar-refractivity contribution in [3.05, 3.63) is 113 Å². The highest BCUT2D eigenvalue weighted by molar-refractivity contribution is 5.83. The molecule has 0 amide bonds. The van der Waals surface area contributed by atoms with Crippen LogP contribution in [-0.2, 0) is 5.41 Å². The van der Waals surface area contributed by atoms with Gasteiger partial charge in [-0.05, 0) is 92.4 Å². The number of nitrogens with one attached hydrogen (secondary N) is 2. The molecule has 3 nitrogen and oxygen atoms in total. The molecule has 0 atom stereocenters. The molecule has 2 N–H and O–H groups in total. The van der Waals surface area contributed by atoms with Gasteiger partial charge in [0.15, 0.2) is 0 Å². The monoisotopic (exact) mass is 587 g/mol. The van der Waals surface area contributed by atoms with Crippen LogP contribution in [0.2, 0.25) is 0 Å². The van der Waals surface area contributed by atoms with Gasteiger partial charge in [-0.25, -0.2) is 0 Å². The molecular formula is C37H44F3N3. The van der Waals surface area contributed by atoms with Crippen LogP contribution >= 0.6 is 0 Å². The SMILES string of the molecule is C=C(NC1CCN(CCCCC2(C(=C)NCC(F)(F)F)c3ccccc3-c3ccccc32)CC1)c1cc(C)cc(C)c1C. The second-order valence-corrected chi connectivity index (χ2v) is 12.4. The summed E-state index contributed by atoms with van der Waals surface area (Å²) in [7, 11) is 0. The number of halogens is 3. The van der Waals surface area contributed by atoms with Gasteiger partial charge in [-0.3, -0.25) is 0 Å². The third kappa shape index (κ3) is 6.54. The Labute approximate surface area is 254 Å². The van der Waals surface area contributed by atoms with Crippen LogP contribution in [0.25, 0.3) is 16.8 Å². The first-order valence-corrected chi connectivity index (χ1v) is 15.4. The molecule has 228 valence electrons. The van der Waals surface area contributed by atoms with E-state index in [0.29, 0.717) is 18.2 Å². The Morgan fingerprint density at radius 2 is 1.51 bits per heavy atom. The fourth-order valence-electron chi connectivity index (χ4n) is 7.13. The van der Waals surface area contributed by atoms with E-state index in [1.807, 2.05) is 24.3 Å². The highest BCUT2D eigenvalue weighted by Gasteiger charge is 2.45. The molecule has 3 aromatic carbocycles. The molecule has 1 aliphatic carbocycles. The zero-order chi connectivity index (χ0) is 30.8. The predicted molar refractivity (Wildman–Crippen MR) is 172 cm³/mol.